The third-order valence-corrected chi connectivity index (χ3v) is 4.76. The minimum absolute atomic E-state index is 0.00935. The Morgan fingerprint density at radius 2 is 1.84 bits per heavy atom. The number of H-pyrrole nitrogens is 1. The number of hydrogen-bond acceptors (Lipinski definition) is 5. The molecule has 6 nitrogen and oxygen atoms in total. The van der Waals surface area contributed by atoms with Crippen molar-refractivity contribution < 1.29 is 22.6 Å². The van der Waals surface area contributed by atoms with Gasteiger partial charge in [-0.25, -0.2) is 4.98 Å². The monoisotopic (exact) mass is 460 g/mol. The van der Waals surface area contributed by atoms with Gasteiger partial charge >= 0.3 is 6.18 Å². The van der Waals surface area contributed by atoms with Crippen LogP contribution >= 0.6 is 11.6 Å². The number of nitrogens with zero attached hydrogens (tertiary/aromatic N) is 3. The number of alkyl halides is 3. The molecule has 4 aromatic rings. The van der Waals surface area contributed by atoms with Crippen LogP contribution in [0.15, 0.2) is 61.1 Å². The Bertz CT molecular complexity index is 1210. The summed E-state index contributed by atoms with van der Waals surface area (Å²) in [6.45, 7) is 0.00935. The Kier molecular flexibility index (Phi) is 6.00. The second kappa shape index (κ2) is 8.88. The van der Waals surface area contributed by atoms with Crippen LogP contribution in [-0.2, 0) is 12.8 Å². The van der Waals surface area contributed by atoms with Gasteiger partial charge in [0.05, 0.1) is 29.1 Å². The molecule has 10 heteroatoms. The molecule has 1 aromatic carbocycles. The van der Waals surface area contributed by atoms with Gasteiger partial charge in [0.15, 0.2) is 5.82 Å². The topological polar surface area (TPSA) is 72.9 Å². The molecule has 0 fully saturated rings. The van der Waals surface area contributed by atoms with Crippen molar-refractivity contribution in [1.82, 2.24) is 19.9 Å². The standard InChI is InChI=1S/C22H16ClF3N4O2/c1-31-20-8-16(32-12-15-4-2-13(9-27-15)22(24,25)26)5-6-17(20)19-11-29-21(30-19)18-7-3-14(23)10-28-18/h2-11H,12H2,1H3,(H,29,30). The van der Waals surface area contributed by atoms with Gasteiger partial charge in [0.2, 0.25) is 0 Å². The third kappa shape index (κ3) is 4.83. The summed E-state index contributed by atoms with van der Waals surface area (Å²) in [5, 5.41) is 0.532. The molecule has 0 aliphatic heterocycles. The lowest BCUT2D eigenvalue weighted by Crippen LogP contribution is -2.06. The number of ether oxygens (including phenoxy) is 2. The van der Waals surface area contributed by atoms with Gasteiger partial charge in [-0.05, 0) is 36.4 Å². The van der Waals surface area contributed by atoms with Crippen molar-refractivity contribution >= 4 is 11.6 Å². The molecule has 0 saturated heterocycles. The fraction of sp³-hybridized carbons (Fsp3) is 0.136. The van der Waals surface area contributed by atoms with E-state index < -0.39 is 11.7 Å². The van der Waals surface area contributed by atoms with Gasteiger partial charge in [-0.3, -0.25) is 9.97 Å². The normalized spacial score (nSPS) is 11.4. The number of nitrogens with one attached hydrogen (secondary N) is 1. The van der Waals surface area contributed by atoms with E-state index in [9.17, 15) is 13.2 Å². The van der Waals surface area contributed by atoms with Crippen molar-refractivity contribution in [2.24, 2.45) is 0 Å². The van der Waals surface area contributed by atoms with Crippen LogP contribution in [0.2, 0.25) is 5.02 Å². The van der Waals surface area contributed by atoms with Crippen LogP contribution in [0.5, 0.6) is 11.5 Å². The molecule has 3 heterocycles. The number of rotatable bonds is 6. The van der Waals surface area contributed by atoms with Crippen LogP contribution in [0.4, 0.5) is 13.2 Å². The van der Waals surface area contributed by atoms with E-state index in [0.717, 1.165) is 17.8 Å². The molecule has 0 unspecified atom stereocenters. The second-order valence-corrected chi connectivity index (χ2v) is 7.12. The van der Waals surface area contributed by atoms with Gasteiger partial charge in [-0.2, -0.15) is 13.2 Å². The Morgan fingerprint density at radius 1 is 1.00 bits per heavy atom. The summed E-state index contributed by atoms with van der Waals surface area (Å²) in [6, 6.07) is 10.9. The van der Waals surface area contributed by atoms with Crippen LogP contribution in [0.25, 0.3) is 22.8 Å². The van der Waals surface area contributed by atoms with Crippen molar-refractivity contribution in [1.29, 1.82) is 0 Å². The molecule has 0 bridgehead atoms. The van der Waals surface area contributed by atoms with Crippen LogP contribution in [0.1, 0.15) is 11.3 Å². The van der Waals surface area contributed by atoms with E-state index in [4.69, 9.17) is 21.1 Å². The predicted octanol–water partition coefficient (Wildman–Crippen LogP) is 5.79. The van der Waals surface area contributed by atoms with Crippen molar-refractivity contribution in [3.63, 3.8) is 0 Å². The number of halogens is 4. The van der Waals surface area contributed by atoms with Crippen molar-refractivity contribution in [2.45, 2.75) is 12.8 Å². The van der Waals surface area contributed by atoms with E-state index in [-0.39, 0.29) is 6.61 Å². The molecule has 0 radical (unpaired) electrons. The lowest BCUT2D eigenvalue weighted by atomic mass is 10.1. The van der Waals surface area contributed by atoms with Crippen LogP contribution in [-0.4, -0.2) is 27.0 Å². The average Bonchev–Trinajstić information content (AvgIpc) is 3.27. The number of pyridine rings is 2. The van der Waals surface area contributed by atoms with Gasteiger partial charge < -0.3 is 14.5 Å². The zero-order valence-electron chi connectivity index (χ0n) is 16.7. The molecule has 164 valence electrons. The molecule has 0 atom stereocenters. The predicted molar refractivity (Wildman–Crippen MR) is 112 cm³/mol. The number of benzene rings is 1. The van der Waals surface area contributed by atoms with E-state index in [1.54, 1.807) is 36.5 Å². The van der Waals surface area contributed by atoms with Gasteiger partial charge in [-0.15, -0.1) is 0 Å². The molecular weight excluding hydrogens is 445 g/mol. The first kappa shape index (κ1) is 21.6. The number of aromatic nitrogens is 4. The molecule has 32 heavy (non-hydrogen) atoms. The van der Waals surface area contributed by atoms with E-state index in [1.807, 2.05) is 0 Å². The maximum atomic E-state index is 12.6. The SMILES string of the molecule is COc1cc(OCc2ccc(C(F)(F)F)cn2)ccc1-c1c[nH]c(-c2ccc(Cl)cn2)n1. The fourth-order valence-electron chi connectivity index (χ4n) is 2.91. The molecule has 0 aliphatic rings. The average molecular weight is 461 g/mol. The summed E-state index contributed by atoms with van der Waals surface area (Å²) in [7, 11) is 1.52. The summed E-state index contributed by atoms with van der Waals surface area (Å²) < 4.78 is 49.1. The Labute approximate surface area is 186 Å². The van der Waals surface area contributed by atoms with Crippen molar-refractivity contribution in [3.8, 4) is 34.3 Å². The summed E-state index contributed by atoms with van der Waals surface area (Å²) in [5.74, 6) is 1.57. The summed E-state index contributed by atoms with van der Waals surface area (Å²) in [6.07, 6.45) is -0.369. The fourth-order valence-corrected chi connectivity index (χ4v) is 3.03. The minimum Gasteiger partial charge on any atom is -0.496 e. The number of hydrogen-bond donors (Lipinski definition) is 1. The van der Waals surface area contributed by atoms with Crippen LogP contribution in [0.3, 0.4) is 0 Å². The van der Waals surface area contributed by atoms with Gasteiger partial charge in [0.1, 0.15) is 23.8 Å². The maximum absolute atomic E-state index is 12.6. The lowest BCUT2D eigenvalue weighted by Gasteiger charge is -2.11. The first-order chi connectivity index (χ1) is 15.3. The first-order valence-corrected chi connectivity index (χ1v) is 9.72. The largest absolute Gasteiger partial charge is 0.496 e. The van der Waals surface area contributed by atoms with Crippen molar-refractivity contribution in [2.75, 3.05) is 7.11 Å². The smallest absolute Gasteiger partial charge is 0.417 e. The zero-order chi connectivity index (χ0) is 22.7. The quantitative estimate of drug-likeness (QED) is 0.394. The Balaban J connectivity index is 1.49. The molecule has 1 N–H and O–H groups in total. The zero-order valence-corrected chi connectivity index (χ0v) is 17.4. The summed E-state index contributed by atoms with van der Waals surface area (Å²) in [5.41, 5.74) is 1.57. The second-order valence-electron chi connectivity index (χ2n) is 6.68. The van der Waals surface area contributed by atoms with Gasteiger partial charge in [-0.1, -0.05) is 11.6 Å². The highest BCUT2D eigenvalue weighted by molar-refractivity contribution is 6.30. The van der Waals surface area contributed by atoms with Crippen molar-refractivity contribution in [3.05, 3.63) is 77.3 Å². The van der Waals surface area contributed by atoms with Gasteiger partial charge in [0, 0.05) is 30.2 Å². The Hall–Kier alpha value is -3.59. The summed E-state index contributed by atoms with van der Waals surface area (Å²) >= 11 is 5.87. The molecule has 0 spiro atoms. The van der Waals surface area contributed by atoms with E-state index >= 15 is 0 Å². The first-order valence-electron chi connectivity index (χ1n) is 9.34. The molecule has 3 aromatic heterocycles. The van der Waals surface area contributed by atoms with E-state index in [1.165, 1.54) is 19.4 Å². The number of aromatic amines is 1. The molecule has 0 aliphatic carbocycles. The van der Waals surface area contributed by atoms with E-state index in [0.29, 0.717) is 39.4 Å². The van der Waals surface area contributed by atoms with Crippen LogP contribution < -0.4 is 9.47 Å². The molecule has 4 rings (SSSR count). The summed E-state index contributed by atoms with van der Waals surface area (Å²) in [4.78, 5) is 15.7. The number of methoxy groups -OCH3 is 1. The highest BCUT2D eigenvalue weighted by atomic mass is 35.5. The molecular formula is C22H16ClF3N4O2. The van der Waals surface area contributed by atoms with Crippen LogP contribution in [0, 0.1) is 0 Å². The Morgan fingerprint density at radius 3 is 2.50 bits per heavy atom. The highest BCUT2D eigenvalue weighted by Crippen LogP contribution is 2.34. The number of imidazole rings is 1. The van der Waals surface area contributed by atoms with Gasteiger partial charge in [0.25, 0.3) is 0 Å². The molecule has 0 amide bonds. The highest BCUT2D eigenvalue weighted by Gasteiger charge is 2.30. The lowest BCUT2D eigenvalue weighted by molar-refractivity contribution is -0.137. The minimum atomic E-state index is -4.43. The molecule has 0 saturated carbocycles. The maximum Gasteiger partial charge on any atom is 0.417 e. The van der Waals surface area contributed by atoms with E-state index in [2.05, 4.69) is 19.9 Å². The third-order valence-electron chi connectivity index (χ3n) is 4.54.